The van der Waals surface area contributed by atoms with Gasteiger partial charge < -0.3 is 11.5 Å². The molecule has 2 amide bonds. The molecule has 0 aliphatic heterocycles. The van der Waals surface area contributed by atoms with E-state index >= 15 is 0 Å². The Hall–Kier alpha value is 0.530. The van der Waals surface area contributed by atoms with E-state index in [1.165, 1.54) is 0 Å². The molecule has 0 spiro atoms. The smallest absolute Gasteiger partial charge is 0.309 e. The topological polar surface area (TPSA) is 69.1 Å². The van der Waals surface area contributed by atoms with Crippen molar-refractivity contribution in [2.75, 3.05) is 0 Å². The van der Waals surface area contributed by atoms with Crippen LogP contribution in [0, 0.1) is 0 Å². The molecule has 0 rings (SSSR count). The SMILES string of the molecule is NC(N)=O.[Ca]. The first-order valence-corrected chi connectivity index (χ1v) is 0.781. The zero-order chi connectivity index (χ0) is 3.58. The molecule has 4 heteroatoms. The Morgan fingerprint density at radius 3 is 1.40 bits per heavy atom. The minimum atomic E-state index is -0.833. The van der Waals surface area contributed by atoms with E-state index in [0.29, 0.717) is 0 Å². The summed E-state index contributed by atoms with van der Waals surface area (Å²) in [7, 11) is 0. The van der Waals surface area contributed by atoms with Gasteiger partial charge in [-0.1, -0.05) is 0 Å². The van der Waals surface area contributed by atoms with E-state index in [-0.39, 0.29) is 37.7 Å². The number of rotatable bonds is 0. The van der Waals surface area contributed by atoms with Crippen LogP contribution in [0.2, 0.25) is 0 Å². The monoisotopic (exact) mass is 100.0 g/mol. The molecule has 0 aliphatic rings. The molecule has 4 N–H and O–H groups in total. The second-order valence-corrected chi connectivity index (χ2v) is 0.402. The standard InChI is InChI=1S/CH4N2O.Ca/c2-1(3)4;/h(H4,2,3,4);. The first-order chi connectivity index (χ1) is 1.73. The third-order valence-corrected chi connectivity index (χ3v) is 0. The molecule has 0 saturated heterocycles. The molecule has 26 valence electrons. The Morgan fingerprint density at radius 2 is 1.40 bits per heavy atom. The number of amides is 2. The van der Waals surface area contributed by atoms with Crippen LogP contribution in [0.5, 0.6) is 0 Å². The second-order valence-electron chi connectivity index (χ2n) is 0.402. The molecule has 5 heavy (non-hydrogen) atoms. The molecular formula is CH4CaN2O. The summed E-state index contributed by atoms with van der Waals surface area (Å²) in [6.45, 7) is 0. The maximum absolute atomic E-state index is 9.00. The largest absolute Gasteiger partial charge is 0.352 e. The van der Waals surface area contributed by atoms with Gasteiger partial charge in [0.05, 0.1) is 0 Å². The van der Waals surface area contributed by atoms with E-state index in [1.807, 2.05) is 0 Å². The molecule has 0 aliphatic carbocycles. The molecule has 0 saturated carbocycles. The normalized spacial score (nSPS) is 4.80. The summed E-state index contributed by atoms with van der Waals surface area (Å²) in [5, 5.41) is 0. The summed E-state index contributed by atoms with van der Waals surface area (Å²) in [6.07, 6.45) is 0. The van der Waals surface area contributed by atoms with Crippen molar-refractivity contribution in [3.8, 4) is 0 Å². The van der Waals surface area contributed by atoms with Crippen LogP contribution in [-0.4, -0.2) is 43.8 Å². The fourth-order valence-electron chi connectivity index (χ4n) is 0. The number of urea groups is 1. The summed E-state index contributed by atoms with van der Waals surface area (Å²) in [4.78, 5) is 9.00. The average Bonchev–Trinajstić information content (AvgIpc) is 0.811. The van der Waals surface area contributed by atoms with Gasteiger partial charge >= 0.3 is 6.03 Å². The average molecular weight is 100 g/mol. The fourth-order valence-corrected chi connectivity index (χ4v) is 0. The summed E-state index contributed by atoms with van der Waals surface area (Å²) in [5.41, 5.74) is 8.50. The molecule has 0 aromatic carbocycles. The van der Waals surface area contributed by atoms with E-state index in [0.717, 1.165) is 0 Å². The van der Waals surface area contributed by atoms with Crippen molar-refractivity contribution in [2.24, 2.45) is 11.5 Å². The Kier molecular flexibility index (Phi) is 8.25. The van der Waals surface area contributed by atoms with Gasteiger partial charge in [-0.15, -0.1) is 0 Å². The molecule has 0 unspecified atom stereocenters. The van der Waals surface area contributed by atoms with Crippen LogP contribution in [0.1, 0.15) is 0 Å². The molecular weight excluding hydrogens is 96.1 g/mol. The van der Waals surface area contributed by atoms with E-state index in [4.69, 9.17) is 4.79 Å². The van der Waals surface area contributed by atoms with Gasteiger partial charge in [-0.3, -0.25) is 0 Å². The van der Waals surface area contributed by atoms with Crippen molar-refractivity contribution in [3.63, 3.8) is 0 Å². The van der Waals surface area contributed by atoms with Crippen LogP contribution in [0.4, 0.5) is 4.79 Å². The quantitative estimate of drug-likeness (QED) is 0.363. The van der Waals surface area contributed by atoms with Crippen LogP contribution >= 0.6 is 0 Å². The van der Waals surface area contributed by atoms with Gasteiger partial charge in [-0.2, -0.15) is 0 Å². The molecule has 0 heterocycles. The van der Waals surface area contributed by atoms with Gasteiger partial charge in [0, 0.05) is 37.7 Å². The summed E-state index contributed by atoms with van der Waals surface area (Å²) in [6, 6.07) is -0.833. The van der Waals surface area contributed by atoms with Crippen LogP contribution in [0.3, 0.4) is 0 Å². The van der Waals surface area contributed by atoms with Gasteiger partial charge in [0.2, 0.25) is 0 Å². The number of primary amides is 2. The van der Waals surface area contributed by atoms with Gasteiger partial charge in [0.25, 0.3) is 0 Å². The van der Waals surface area contributed by atoms with Crippen LogP contribution in [0.15, 0.2) is 0 Å². The first kappa shape index (κ1) is 9.11. The summed E-state index contributed by atoms with van der Waals surface area (Å²) < 4.78 is 0. The van der Waals surface area contributed by atoms with Crippen molar-refractivity contribution in [1.82, 2.24) is 0 Å². The van der Waals surface area contributed by atoms with Crippen LogP contribution in [0.25, 0.3) is 0 Å². The maximum Gasteiger partial charge on any atom is 0.309 e. The third kappa shape index (κ3) is 103. The van der Waals surface area contributed by atoms with E-state index in [1.54, 1.807) is 0 Å². The number of carbonyl (C=O) groups is 1. The number of hydrogen-bond donors (Lipinski definition) is 2. The Bertz CT molecular complexity index is 32.6. The van der Waals surface area contributed by atoms with Crippen molar-refractivity contribution < 1.29 is 4.79 Å². The van der Waals surface area contributed by atoms with Crippen molar-refractivity contribution in [1.29, 1.82) is 0 Å². The number of nitrogens with two attached hydrogens (primary N) is 2. The molecule has 0 atom stereocenters. The summed E-state index contributed by atoms with van der Waals surface area (Å²) in [5.74, 6) is 0. The van der Waals surface area contributed by atoms with Gasteiger partial charge in [-0.05, 0) is 0 Å². The molecule has 0 bridgehead atoms. The number of carbonyl (C=O) groups excluding carboxylic acids is 1. The van der Waals surface area contributed by atoms with Gasteiger partial charge in [-0.25, -0.2) is 4.79 Å². The zero-order valence-corrected chi connectivity index (χ0v) is 4.98. The zero-order valence-electron chi connectivity index (χ0n) is 2.77. The molecule has 0 fully saturated rings. The molecule has 3 nitrogen and oxygen atoms in total. The molecule has 0 aromatic rings. The van der Waals surface area contributed by atoms with Gasteiger partial charge in [0.15, 0.2) is 0 Å². The Labute approximate surface area is 59.7 Å². The minimum Gasteiger partial charge on any atom is -0.352 e. The fraction of sp³-hybridized carbons (Fsp3) is 0. The maximum atomic E-state index is 9.00. The second kappa shape index (κ2) is 4.53. The predicted octanol–water partition coefficient (Wildman–Crippen LogP) is -1.36. The predicted molar refractivity (Wildman–Crippen MR) is 19.5 cm³/mol. The van der Waals surface area contributed by atoms with Gasteiger partial charge in [0.1, 0.15) is 0 Å². The van der Waals surface area contributed by atoms with E-state index in [2.05, 4.69) is 11.5 Å². The Balaban J connectivity index is 0. The summed E-state index contributed by atoms with van der Waals surface area (Å²) >= 11 is 0. The van der Waals surface area contributed by atoms with Crippen LogP contribution in [-0.2, 0) is 0 Å². The first-order valence-electron chi connectivity index (χ1n) is 0.781. The minimum absolute atomic E-state index is 0. The molecule has 2 radical (unpaired) electrons. The van der Waals surface area contributed by atoms with Crippen LogP contribution < -0.4 is 11.5 Å². The van der Waals surface area contributed by atoms with E-state index < -0.39 is 6.03 Å². The number of hydrogen-bond acceptors (Lipinski definition) is 1. The third-order valence-electron chi connectivity index (χ3n) is 0. The Morgan fingerprint density at radius 1 is 1.40 bits per heavy atom. The van der Waals surface area contributed by atoms with Crippen molar-refractivity contribution in [2.45, 2.75) is 0 Å². The molecule has 0 aromatic heterocycles. The van der Waals surface area contributed by atoms with E-state index in [9.17, 15) is 0 Å². The van der Waals surface area contributed by atoms with Crippen molar-refractivity contribution >= 4 is 43.8 Å². The van der Waals surface area contributed by atoms with Crippen molar-refractivity contribution in [3.05, 3.63) is 0 Å².